The summed E-state index contributed by atoms with van der Waals surface area (Å²) in [6.45, 7) is 2.66. The fraction of sp³-hybridized carbons (Fsp3) is 0.357. The lowest BCUT2D eigenvalue weighted by atomic mass is 10.1. The SMILES string of the molecule is COC(C)COC(=O)N1CC=Cc2ccccc21. The third-order valence-corrected chi connectivity index (χ3v) is 2.88. The second kappa shape index (κ2) is 5.69. The number of ether oxygens (including phenoxy) is 2. The summed E-state index contributed by atoms with van der Waals surface area (Å²) >= 11 is 0. The van der Waals surface area contributed by atoms with Gasteiger partial charge in [-0.15, -0.1) is 0 Å². The molecular weight excluding hydrogens is 230 g/mol. The highest BCUT2D eigenvalue weighted by Crippen LogP contribution is 2.25. The molecule has 0 fully saturated rings. The lowest BCUT2D eigenvalue weighted by Gasteiger charge is -2.25. The number of methoxy groups -OCH3 is 1. The number of para-hydroxylation sites is 1. The summed E-state index contributed by atoms with van der Waals surface area (Å²) in [6.07, 6.45) is 3.53. The minimum atomic E-state index is -0.337. The molecule has 1 atom stereocenters. The molecule has 0 aromatic heterocycles. The largest absolute Gasteiger partial charge is 0.446 e. The first-order valence-corrected chi connectivity index (χ1v) is 5.95. The molecule has 0 saturated carbocycles. The number of nitrogens with zero attached hydrogens (tertiary/aromatic N) is 1. The van der Waals surface area contributed by atoms with Gasteiger partial charge in [0.25, 0.3) is 0 Å². The molecule has 2 rings (SSSR count). The van der Waals surface area contributed by atoms with Crippen molar-refractivity contribution >= 4 is 17.9 Å². The maximum atomic E-state index is 12.0. The fourth-order valence-corrected chi connectivity index (χ4v) is 1.77. The average molecular weight is 247 g/mol. The summed E-state index contributed by atoms with van der Waals surface area (Å²) in [5.41, 5.74) is 1.91. The van der Waals surface area contributed by atoms with Gasteiger partial charge in [0, 0.05) is 13.7 Å². The minimum Gasteiger partial charge on any atom is -0.446 e. The highest BCUT2D eigenvalue weighted by Gasteiger charge is 2.21. The Morgan fingerprint density at radius 2 is 2.22 bits per heavy atom. The van der Waals surface area contributed by atoms with Crippen molar-refractivity contribution in [2.75, 3.05) is 25.2 Å². The summed E-state index contributed by atoms with van der Waals surface area (Å²) in [5, 5.41) is 0. The molecule has 96 valence electrons. The van der Waals surface area contributed by atoms with E-state index >= 15 is 0 Å². The van der Waals surface area contributed by atoms with Gasteiger partial charge < -0.3 is 9.47 Å². The third-order valence-electron chi connectivity index (χ3n) is 2.88. The molecule has 1 amide bonds. The van der Waals surface area contributed by atoms with Crippen LogP contribution in [0.15, 0.2) is 30.3 Å². The van der Waals surface area contributed by atoms with Crippen molar-refractivity contribution in [1.82, 2.24) is 0 Å². The number of hydrogen-bond acceptors (Lipinski definition) is 3. The molecule has 18 heavy (non-hydrogen) atoms. The molecule has 0 bridgehead atoms. The van der Waals surface area contributed by atoms with Crippen molar-refractivity contribution in [2.45, 2.75) is 13.0 Å². The number of carbonyl (C=O) groups is 1. The first kappa shape index (κ1) is 12.6. The van der Waals surface area contributed by atoms with E-state index < -0.39 is 0 Å². The van der Waals surface area contributed by atoms with Crippen molar-refractivity contribution in [1.29, 1.82) is 0 Å². The molecule has 1 aliphatic heterocycles. The van der Waals surface area contributed by atoms with Gasteiger partial charge in [-0.05, 0) is 18.6 Å². The summed E-state index contributed by atoms with van der Waals surface area (Å²) in [7, 11) is 1.59. The Morgan fingerprint density at radius 1 is 1.44 bits per heavy atom. The van der Waals surface area contributed by atoms with E-state index in [4.69, 9.17) is 9.47 Å². The Morgan fingerprint density at radius 3 is 3.00 bits per heavy atom. The van der Waals surface area contributed by atoms with E-state index in [1.807, 2.05) is 43.3 Å². The van der Waals surface area contributed by atoms with Gasteiger partial charge in [-0.3, -0.25) is 4.90 Å². The lowest BCUT2D eigenvalue weighted by molar-refractivity contribution is 0.0486. The van der Waals surface area contributed by atoms with E-state index in [1.54, 1.807) is 12.0 Å². The summed E-state index contributed by atoms with van der Waals surface area (Å²) in [5.74, 6) is 0. The van der Waals surface area contributed by atoms with Crippen LogP contribution in [-0.4, -0.2) is 32.5 Å². The van der Waals surface area contributed by atoms with E-state index in [0.29, 0.717) is 6.54 Å². The maximum Gasteiger partial charge on any atom is 0.414 e. The van der Waals surface area contributed by atoms with Gasteiger partial charge in [-0.2, -0.15) is 0 Å². The second-order valence-corrected chi connectivity index (χ2v) is 4.20. The van der Waals surface area contributed by atoms with Gasteiger partial charge in [-0.1, -0.05) is 30.4 Å². The number of fused-ring (bicyclic) bond motifs is 1. The fourth-order valence-electron chi connectivity index (χ4n) is 1.77. The number of hydrogen-bond donors (Lipinski definition) is 0. The molecular formula is C14H17NO3. The third kappa shape index (κ3) is 2.71. The highest BCUT2D eigenvalue weighted by molar-refractivity contribution is 5.92. The first-order chi connectivity index (χ1) is 8.72. The molecule has 0 N–H and O–H groups in total. The van der Waals surface area contributed by atoms with Crippen LogP contribution in [0.25, 0.3) is 6.08 Å². The zero-order valence-electron chi connectivity index (χ0n) is 10.6. The average Bonchev–Trinajstić information content (AvgIpc) is 2.43. The second-order valence-electron chi connectivity index (χ2n) is 4.20. The van der Waals surface area contributed by atoms with Crippen molar-refractivity contribution in [3.05, 3.63) is 35.9 Å². The number of carbonyl (C=O) groups excluding carboxylic acids is 1. The lowest BCUT2D eigenvalue weighted by Crippen LogP contribution is -2.35. The van der Waals surface area contributed by atoms with Crippen LogP contribution in [-0.2, 0) is 9.47 Å². The van der Waals surface area contributed by atoms with Gasteiger partial charge in [0.15, 0.2) is 0 Å². The minimum absolute atomic E-state index is 0.0930. The van der Waals surface area contributed by atoms with E-state index in [0.717, 1.165) is 11.3 Å². The van der Waals surface area contributed by atoms with Gasteiger partial charge >= 0.3 is 6.09 Å². The van der Waals surface area contributed by atoms with E-state index in [1.165, 1.54) is 0 Å². The van der Waals surface area contributed by atoms with E-state index in [-0.39, 0.29) is 18.8 Å². The topological polar surface area (TPSA) is 38.8 Å². The van der Waals surface area contributed by atoms with Crippen LogP contribution in [0, 0.1) is 0 Å². The molecule has 1 aromatic carbocycles. The molecule has 4 nitrogen and oxygen atoms in total. The van der Waals surface area contributed by atoms with Crippen molar-refractivity contribution in [3.63, 3.8) is 0 Å². The molecule has 4 heteroatoms. The first-order valence-electron chi connectivity index (χ1n) is 5.95. The molecule has 0 spiro atoms. The summed E-state index contributed by atoms with van der Waals surface area (Å²) < 4.78 is 10.3. The number of anilines is 1. The smallest absolute Gasteiger partial charge is 0.414 e. The van der Waals surface area contributed by atoms with Gasteiger partial charge in [-0.25, -0.2) is 4.79 Å². The Kier molecular flexibility index (Phi) is 3.99. The normalized spacial score (nSPS) is 15.1. The van der Waals surface area contributed by atoms with Crippen LogP contribution in [0.2, 0.25) is 0 Å². The van der Waals surface area contributed by atoms with Crippen molar-refractivity contribution in [2.24, 2.45) is 0 Å². The van der Waals surface area contributed by atoms with Crippen LogP contribution in [0.4, 0.5) is 10.5 Å². The molecule has 0 radical (unpaired) electrons. The Hall–Kier alpha value is -1.81. The maximum absolute atomic E-state index is 12.0. The standard InChI is InChI=1S/C14H17NO3/c1-11(17-2)10-18-14(16)15-9-5-7-12-6-3-4-8-13(12)15/h3-8,11H,9-10H2,1-2H3. The van der Waals surface area contributed by atoms with Gasteiger partial charge in [0.05, 0.1) is 11.8 Å². The molecule has 0 aliphatic carbocycles. The summed E-state index contributed by atoms with van der Waals surface area (Å²) in [6, 6.07) is 7.75. The predicted molar refractivity (Wildman–Crippen MR) is 70.6 cm³/mol. The molecule has 0 saturated heterocycles. The molecule has 1 aromatic rings. The van der Waals surface area contributed by atoms with Crippen LogP contribution in [0.5, 0.6) is 0 Å². The zero-order valence-corrected chi connectivity index (χ0v) is 10.6. The van der Waals surface area contributed by atoms with Crippen molar-refractivity contribution < 1.29 is 14.3 Å². The van der Waals surface area contributed by atoms with E-state index in [2.05, 4.69) is 0 Å². The Labute approximate surface area is 107 Å². The number of amides is 1. The van der Waals surface area contributed by atoms with Crippen LogP contribution < -0.4 is 4.90 Å². The number of rotatable bonds is 3. The predicted octanol–water partition coefficient (Wildman–Crippen LogP) is 2.69. The zero-order chi connectivity index (χ0) is 13.0. The molecule has 1 aliphatic rings. The Balaban J connectivity index is 2.06. The van der Waals surface area contributed by atoms with Gasteiger partial charge in [0.2, 0.25) is 0 Å². The molecule has 1 unspecified atom stereocenters. The van der Waals surface area contributed by atoms with Gasteiger partial charge in [0.1, 0.15) is 6.61 Å². The molecule has 1 heterocycles. The van der Waals surface area contributed by atoms with Crippen LogP contribution >= 0.6 is 0 Å². The van der Waals surface area contributed by atoms with Crippen LogP contribution in [0.1, 0.15) is 12.5 Å². The number of benzene rings is 1. The van der Waals surface area contributed by atoms with E-state index in [9.17, 15) is 4.79 Å². The quantitative estimate of drug-likeness (QED) is 0.824. The van der Waals surface area contributed by atoms with Crippen LogP contribution in [0.3, 0.4) is 0 Å². The van der Waals surface area contributed by atoms with Crippen molar-refractivity contribution in [3.8, 4) is 0 Å². The Bertz CT molecular complexity index is 456. The highest BCUT2D eigenvalue weighted by atomic mass is 16.6. The summed E-state index contributed by atoms with van der Waals surface area (Å²) in [4.78, 5) is 13.6. The monoisotopic (exact) mass is 247 g/mol.